The number of nitrogens with one attached hydrogen (secondary N) is 1. The molecule has 4 nitrogen and oxygen atoms in total. The van der Waals surface area contributed by atoms with Crippen LogP contribution < -0.4 is 5.32 Å². The molecule has 2 atom stereocenters. The Kier molecular flexibility index (Phi) is 3.34. The highest BCUT2D eigenvalue weighted by molar-refractivity contribution is 5.77. The third kappa shape index (κ3) is 2.99. The quantitative estimate of drug-likeness (QED) is 0.786. The summed E-state index contributed by atoms with van der Waals surface area (Å²) in [5.74, 6) is 0.921. The van der Waals surface area contributed by atoms with Crippen molar-refractivity contribution in [3.05, 3.63) is 0 Å². The second kappa shape index (κ2) is 4.94. The molecule has 96 valence electrons. The molecule has 4 heteroatoms. The molecule has 2 heterocycles. The Bertz CT molecular complexity index is 291. The fourth-order valence-electron chi connectivity index (χ4n) is 2.86. The van der Waals surface area contributed by atoms with Gasteiger partial charge >= 0.3 is 0 Å². The van der Waals surface area contributed by atoms with Crippen molar-refractivity contribution in [1.82, 2.24) is 10.2 Å². The summed E-state index contributed by atoms with van der Waals surface area (Å²) in [4.78, 5) is 14.0. The van der Waals surface area contributed by atoms with Crippen molar-refractivity contribution in [2.45, 2.75) is 44.2 Å². The lowest BCUT2D eigenvalue weighted by Gasteiger charge is -2.24. The number of rotatable bonds is 4. The molecule has 0 aromatic carbocycles. The van der Waals surface area contributed by atoms with Crippen LogP contribution in [0.1, 0.15) is 32.1 Å². The summed E-state index contributed by atoms with van der Waals surface area (Å²) < 4.78 is 5.48. The van der Waals surface area contributed by atoms with Crippen LogP contribution in [0.15, 0.2) is 0 Å². The number of ether oxygens (including phenoxy) is 1. The molecule has 1 N–H and O–H groups in total. The van der Waals surface area contributed by atoms with Crippen molar-refractivity contribution < 1.29 is 9.53 Å². The number of fused-ring (bicyclic) bond motifs is 2. The van der Waals surface area contributed by atoms with Gasteiger partial charge in [0.25, 0.3) is 0 Å². The molecule has 0 aromatic rings. The summed E-state index contributed by atoms with van der Waals surface area (Å²) in [6.07, 6.45) is 6.17. The van der Waals surface area contributed by atoms with Gasteiger partial charge in [-0.2, -0.15) is 0 Å². The van der Waals surface area contributed by atoms with Crippen LogP contribution in [0.3, 0.4) is 0 Å². The predicted molar refractivity (Wildman–Crippen MR) is 64.7 cm³/mol. The highest BCUT2D eigenvalue weighted by Crippen LogP contribution is 2.28. The van der Waals surface area contributed by atoms with Gasteiger partial charge in [-0.25, -0.2) is 0 Å². The van der Waals surface area contributed by atoms with Crippen molar-refractivity contribution in [2.24, 2.45) is 5.92 Å². The van der Waals surface area contributed by atoms with E-state index in [4.69, 9.17) is 4.74 Å². The van der Waals surface area contributed by atoms with E-state index >= 15 is 0 Å². The standard InChI is InChI=1S/C13H22N2O2/c16-13(9-17-8-10-1-2-10)15-6-5-11-3-4-12(7-15)14-11/h10-12,14H,1-9H2. The summed E-state index contributed by atoms with van der Waals surface area (Å²) in [6.45, 7) is 2.85. The van der Waals surface area contributed by atoms with Gasteiger partial charge in [0.1, 0.15) is 6.61 Å². The number of nitrogens with zero attached hydrogens (tertiary/aromatic N) is 1. The van der Waals surface area contributed by atoms with E-state index in [1.54, 1.807) is 0 Å². The van der Waals surface area contributed by atoms with E-state index in [9.17, 15) is 4.79 Å². The summed E-state index contributed by atoms with van der Waals surface area (Å²) in [5.41, 5.74) is 0. The molecule has 2 bridgehead atoms. The molecule has 2 unspecified atom stereocenters. The first-order chi connectivity index (χ1) is 8.31. The van der Waals surface area contributed by atoms with E-state index in [0.717, 1.165) is 32.0 Å². The maximum Gasteiger partial charge on any atom is 0.248 e. The first kappa shape index (κ1) is 11.5. The minimum Gasteiger partial charge on any atom is -0.371 e. The van der Waals surface area contributed by atoms with Crippen molar-refractivity contribution >= 4 is 5.91 Å². The third-order valence-corrected chi connectivity index (χ3v) is 4.15. The molecule has 0 aromatic heterocycles. The third-order valence-electron chi connectivity index (χ3n) is 4.15. The first-order valence-corrected chi connectivity index (χ1v) is 6.93. The maximum atomic E-state index is 12.0. The zero-order valence-corrected chi connectivity index (χ0v) is 10.4. The molecular weight excluding hydrogens is 216 g/mol. The van der Waals surface area contributed by atoms with Crippen molar-refractivity contribution in [1.29, 1.82) is 0 Å². The van der Waals surface area contributed by atoms with Gasteiger partial charge in [-0.15, -0.1) is 0 Å². The lowest BCUT2D eigenvalue weighted by Crippen LogP contribution is -2.40. The largest absolute Gasteiger partial charge is 0.371 e. The monoisotopic (exact) mass is 238 g/mol. The van der Waals surface area contributed by atoms with Crippen LogP contribution in [-0.4, -0.2) is 49.2 Å². The van der Waals surface area contributed by atoms with Crippen LogP contribution in [-0.2, 0) is 9.53 Å². The maximum absolute atomic E-state index is 12.0. The van der Waals surface area contributed by atoms with Crippen molar-refractivity contribution in [3.63, 3.8) is 0 Å². The topological polar surface area (TPSA) is 41.6 Å². The molecule has 17 heavy (non-hydrogen) atoms. The molecule has 1 aliphatic carbocycles. The fourth-order valence-corrected chi connectivity index (χ4v) is 2.86. The average Bonchev–Trinajstić information content (AvgIpc) is 3.04. The van der Waals surface area contributed by atoms with Crippen LogP contribution in [0.5, 0.6) is 0 Å². The minimum absolute atomic E-state index is 0.181. The molecule has 3 fully saturated rings. The number of amides is 1. The highest BCUT2D eigenvalue weighted by Gasteiger charge is 2.31. The fraction of sp³-hybridized carbons (Fsp3) is 0.923. The molecule has 0 radical (unpaired) electrons. The van der Waals surface area contributed by atoms with Crippen LogP contribution in [0.25, 0.3) is 0 Å². The van der Waals surface area contributed by atoms with Crippen LogP contribution in [0, 0.1) is 5.92 Å². The lowest BCUT2D eigenvalue weighted by molar-refractivity contribution is -0.136. The van der Waals surface area contributed by atoms with Gasteiger partial charge < -0.3 is 15.0 Å². The molecule has 1 amide bonds. The Balaban J connectivity index is 1.44. The molecular formula is C13H22N2O2. The van der Waals surface area contributed by atoms with E-state index in [-0.39, 0.29) is 12.5 Å². The van der Waals surface area contributed by atoms with Crippen molar-refractivity contribution in [2.75, 3.05) is 26.3 Å². The molecule has 3 aliphatic rings. The second-order valence-corrected chi connectivity index (χ2v) is 5.72. The Hall–Kier alpha value is -0.610. The summed E-state index contributed by atoms with van der Waals surface area (Å²) in [5, 5.41) is 3.59. The summed E-state index contributed by atoms with van der Waals surface area (Å²) in [7, 11) is 0. The zero-order chi connectivity index (χ0) is 11.7. The molecule has 1 saturated carbocycles. The van der Waals surface area contributed by atoms with Crippen LogP contribution in [0.2, 0.25) is 0 Å². The summed E-state index contributed by atoms with van der Waals surface area (Å²) >= 11 is 0. The lowest BCUT2D eigenvalue weighted by atomic mass is 10.1. The Morgan fingerprint density at radius 3 is 2.82 bits per heavy atom. The van der Waals surface area contributed by atoms with E-state index in [0.29, 0.717) is 12.1 Å². The van der Waals surface area contributed by atoms with Gasteiger partial charge in [0.05, 0.1) is 6.61 Å². The number of hydrogen-bond donors (Lipinski definition) is 1. The van der Waals surface area contributed by atoms with E-state index in [1.807, 2.05) is 4.90 Å². The van der Waals surface area contributed by atoms with Gasteiger partial charge in [0.2, 0.25) is 5.91 Å². The van der Waals surface area contributed by atoms with Crippen LogP contribution >= 0.6 is 0 Å². The molecule has 2 saturated heterocycles. The van der Waals surface area contributed by atoms with E-state index < -0.39 is 0 Å². The van der Waals surface area contributed by atoms with Gasteiger partial charge in [0, 0.05) is 25.2 Å². The number of hydrogen-bond acceptors (Lipinski definition) is 3. The second-order valence-electron chi connectivity index (χ2n) is 5.72. The number of carbonyl (C=O) groups is 1. The highest BCUT2D eigenvalue weighted by atomic mass is 16.5. The Morgan fingerprint density at radius 1 is 1.18 bits per heavy atom. The number of carbonyl (C=O) groups excluding carboxylic acids is 1. The molecule has 3 rings (SSSR count). The average molecular weight is 238 g/mol. The normalized spacial score (nSPS) is 32.6. The predicted octanol–water partition coefficient (Wildman–Crippen LogP) is 0.766. The van der Waals surface area contributed by atoms with Gasteiger partial charge in [-0.05, 0) is 38.0 Å². The minimum atomic E-state index is 0.181. The Morgan fingerprint density at radius 2 is 2.00 bits per heavy atom. The first-order valence-electron chi connectivity index (χ1n) is 6.93. The summed E-state index contributed by atoms with van der Waals surface area (Å²) in [6, 6.07) is 1.17. The smallest absolute Gasteiger partial charge is 0.248 e. The van der Waals surface area contributed by atoms with Gasteiger partial charge in [0.15, 0.2) is 0 Å². The molecule has 0 spiro atoms. The van der Waals surface area contributed by atoms with E-state index in [2.05, 4.69) is 5.32 Å². The van der Waals surface area contributed by atoms with Gasteiger partial charge in [-0.1, -0.05) is 0 Å². The van der Waals surface area contributed by atoms with Crippen LogP contribution in [0.4, 0.5) is 0 Å². The molecule has 2 aliphatic heterocycles. The van der Waals surface area contributed by atoms with Gasteiger partial charge in [-0.3, -0.25) is 4.79 Å². The zero-order valence-electron chi connectivity index (χ0n) is 10.4. The van der Waals surface area contributed by atoms with Crippen molar-refractivity contribution in [3.8, 4) is 0 Å². The SMILES string of the molecule is O=C(COCC1CC1)N1CCC2CCC(C1)N2. The number of likely N-dealkylation sites (tertiary alicyclic amines) is 1. The van der Waals surface area contributed by atoms with E-state index in [1.165, 1.54) is 25.7 Å². The Labute approximate surface area is 103 Å².